The van der Waals surface area contributed by atoms with Crippen LogP contribution in [0.25, 0.3) is 0 Å². The van der Waals surface area contributed by atoms with Crippen molar-refractivity contribution >= 4 is 5.69 Å². The maximum Gasteiger partial charge on any atom is 0.0782 e. The SMILES string of the molecule is CC(O)c1cccc2c1N(C1CCCCC1)CC2. The molecule has 98 valence electrons. The van der Waals surface area contributed by atoms with Crippen LogP contribution >= 0.6 is 0 Å². The van der Waals surface area contributed by atoms with E-state index in [0.29, 0.717) is 6.04 Å². The summed E-state index contributed by atoms with van der Waals surface area (Å²) in [4.78, 5) is 2.58. The third kappa shape index (κ3) is 2.03. The summed E-state index contributed by atoms with van der Waals surface area (Å²) in [5.74, 6) is 0. The van der Waals surface area contributed by atoms with Crippen molar-refractivity contribution in [1.82, 2.24) is 0 Å². The molecule has 1 aliphatic carbocycles. The van der Waals surface area contributed by atoms with Crippen molar-refractivity contribution in [1.29, 1.82) is 0 Å². The maximum atomic E-state index is 9.98. The minimum absolute atomic E-state index is 0.357. The van der Waals surface area contributed by atoms with E-state index >= 15 is 0 Å². The number of aliphatic hydroxyl groups is 1. The normalized spacial score (nSPS) is 22.0. The van der Waals surface area contributed by atoms with Crippen molar-refractivity contribution in [2.24, 2.45) is 0 Å². The van der Waals surface area contributed by atoms with Crippen LogP contribution in [-0.2, 0) is 6.42 Å². The molecule has 1 aromatic carbocycles. The van der Waals surface area contributed by atoms with Crippen LogP contribution < -0.4 is 4.90 Å². The molecule has 2 aliphatic rings. The lowest BCUT2D eigenvalue weighted by atomic mass is 9.93. The second-order valence-corrected chi connectivity index (χ2v) is 5.77. The first-order valence-corrected chi connectivity index (χ1v) is 7.34. The molecule has 0 radical (unpaired) electrons. The van der Waals surface area contributed by atoms with E-state index in [4.69, 9.17) is 0 Å². The van der Waals surface area contributed by atoms with Crippen molar-refractivity contribution < 1.29 is 5.11 Å². The van der Waals surface area contributed by atoms with Crippen molar-refractivity contribution in [2.45, 2.75) is 57.6 Å². The predicted molar refractivity (Wildman–Crippen MR) is 75.0 cm³/mol. The van der Waals surface area contributed by atoms with Crippen molar-refractivity contribution in [3.8, 4) is 0 Å². The van der Waals surface area contributed by atoms with Gasteiger partial charge in [0.05, 0.1) is 6.10 Å². The Balaban J connectivity index is 1.94. The number of fused-ring (bicyclic) bond motifs is 1. The van der Waals surface area contributed by atoms with Crippen LogP contribution in [0.15, 0.2) is 18.2 Å². The topological polar surface area (TPSA) is 23.5 Å². The molecule has 1 heterocycles. The van der Waals surface area contributed by atoms with Gasteiger partial charge in [-0.3, -0.25) is 0 Å². The molecule has 3 rings (SSSR count). The zero-order valence-corrected chi connectivity index (χ0v) is 11.2. The lowest BCUT2D eigenvalue weighted by Crippen LogP contribution is -2.36. The number of para-hydroxylation sites is 1. The maximum absolute atomic E-state index is 9.98. The lowest BCUT2D eigenvalue weighted by Gasteiger charge is -2.34. The first-order valence-electron chi connectivity index (χ1n) is 7.34. The van der Waals surface area contributed by atoms with E-state index in [0.717, 1.165) is 18.5 Å². The van der Waals surface area contributed by atoms with Gasteiger partial charge < -0.3 is 10.0 Å². The summed E-state index contributed by atoms with van der Waals surface area (Å²) in [5, 5.41) is 9.98. The van der Waals surface area contributed by atoms with Gasteiger partial charge in [-0.05, 0) is 31.7 Å². The van der Waals surface area contributed by atoms with Gasteiger partial charge in [-0.1, -0.05) is 37.5 Å². The molecule has 1 aromatic rings. The van der Waals surface area contributed by atoms with Gasteiger partial charge >= 0.3 is 0 Å². The Labute approximate surface area is 110 Å². The molecule has 0 saturated heterocycles. The van der Waals surface area contributed by atoms with Gasteiger partial charge in [0.2, 0.25) is 0 Å². The van der Waals surface area contributed by atoms with Gasteiger partial charge in [-0.25, -0.2) is 0 Å². The first kappa shape index (κ1) is 12.0. The molecule has 1 fully saturated rings. The molecule has 18 heavy (non-hydrogen) atoms. The van der Waals surface area contributed by atoms with E-state index in [1.807, 2.05) is 6.92 Å². The van der Waals surface area contributed by atoms with E-state index in [9.17, 15) is 5.11 Å². The van der Waals surface area contributed by atoms with Crippen LogP contribution in [0.2, 0.25) is 0 Å². The third-order valence-corrected chi connectivity index (χ3v) is 4.53. The highest BCUT2D eigenvalue weighted by Crippen LogP contribution is 2.39. The zero-order valence-electron chi connectivity index (χ0n) is 11.2. The Kier molecular flexibility index (Phi) is 3.29. The standard InChI is InChI=1S/C16H23NO/c1-12(18)15-9-5-6-13-10-11-17(16(13)15)14-7-3-2-4-8-14/h5-6,9,12,14,18H,2-4,7-8,10-11H2,1H3. The minimum atomic E-state index is -0.357. The highest BCUT2D eigenvalue weighted by molar-refractivity contribution is 5.64. The predicted octanol–water partition coefficient (Wildman–Crippen LogP) is 3.44. The first-order chi connectivity index (χ1) is 8.77. The molecule has 1 aliphatic heterocycles. The van der Waals surface area contributed by atoms with Crippen LogP contribution in [-0.4, -0.2) is 17.7 Å². The third-order valence-electron chi connectivity index (χ3n) is 4.53. The van der Waals surface area contributed by atoms with E-state index in [1.54, 1.807) is 0 Å². The summed E-state index contributed by atoms with van der Waals surface area (Å²) >= 11 is 0. The molecule has 1 atom stereocenters. The summed E-state index contributed by atoms with van der Waals surface area (Å²) in [5.41, 5.74) is 3.90. The van der Waals surface area contributed by atoms with Gasteiger partial charge in [0.25, 0.3) is 0 Å². The van der Waals surface area contributed by atoms with E-state index in [2.05, 4.69) is 23.1 Å². The van der Waals surface area contributed by atoms with Crippen LogP contribution in [0.4, 0.5) is 5.69 Å². The molecular formula is C16H23NO. The van der Waals surface area contributed by atoms with Crippen LogP contribution in [0.1, 0.15) is 56.3 Å². The number of rotatable bonds is 2. The van der Waals surface area contributed by atoms with Crippen LogP contribution in [0.5, 0.6) is 0 Å². The smallest absolute Gasteiger partial charge is 0.0782 e. The second-order valence-electron chi connectivity index (χ2n) is 5.77. The van der Waals surface area contributed by atoms with Crippen molar-refractivity contribution in [3.05, 3.63) is 29.3 Å². The van der Waals surface area contributed by atoms with Gasteiger partial charge in [-0.2, -0.15) is 0 Å². The molecule has 1 N–H and O–H groups in total. The van der Waals surface area contributed by atoms with E-state index in [-0.39, 0.29) is 6.10 Å². The van der Waals surface area contributed by atoms with Crippen LogP contribution in [0.3, 0.4) is 0 Å². The Morgan fingerprint density at radius 1 is 1.22 bits per heavy atom. The highest BCUT2D eigenvalue weighted by atomic mass is 16.3. The summed E-state index contributed by atoms with van der Waals surface area (Å²) in [6.07, 6.45) is 7.58. The average molecular weight is 245 g/mol. The largest absolute Gasteiger partial charge is 0.389 e. The summed E-state index contributed by atoms with van der Waals surface area (Å²) in [6, 6.07) is 7.11. The van der Waals surface area contributed by atoms with Gasteiger partial charge in [0.15, 0.2) is 0 Å². The monoisotopic (exact) mass is 245 g/mol. The lowest BCUT2D eigenvalue weighted by molar-refractivity contribution is 0.199. The quantitative estimate of drug-likeness (QED) is 0.863. The zero-order chi connectivity index (χ0) is 12.5. The van der Waals surface area contributed by atoms with Crippen molar-refractivity contribution in [3.63, 3.8) is 0 Å². The fourth-order valence-electron chi connectivity index (χ4n) is 3.61. The van der Waals surface area contributed by atoms with Gasteiger partial charge in [0, 0.05) is 23.8 Å². The summed E-state index contributed by atoms with van der Waals surface area (Å²) < 4.78 is 0. The molecule has 1 saturated carbocycles. The number of hydrogen-bond acceptors (Lipinski definition) is 2. The number of hydrogen-bond donors (Lipinski definition) is 1. The van der Waals surface area contributed by atoms with Crippen molar-refractivity contribution in [2.75, 3.05) is 11.4 Å². The molecular weight excluding hydrogens is 222 g/mol. The number of benzene rings is 1. The van der Waals surface area contributed by atoms with E-state index in [1.165, 1.54) is 43.4 Å². The molecule has 0 bridgehead atoms. The number of nitrogens with zero attached hydrogens (tertiary/aromatic N) is 1. The minimum Gasteiger partial charge on any atom is -0.389 e. The average Bonchev–Trinajstić information content (AvgIpc) is 2.83. The Morgan fingerprint density at radius 3 is 2.72 bits per heavy atom. The molecule has 2 heteroatoms. The Bertz CT molecular complexity index is 421. The molecule has 0 aromatic heterocycles. The summed E-state index contributed by atoms with van der Waals surface area (Å²) in [6.45, 7) is 3.02. The molecule has 2 nitrogen and oxygen atoms in total. The van der Waals surface area contributed by atoms with Gasteiger partial charge in [0.1, 0.15) is 0 Å². The van der Waals surface area contributed by atoms with E-state index < -0.39 is 0 Å². The molecule has 0 spiro atoms. The van der Waals surface area contributed by atoms with Crippen LogP contribution in [0, 0.1) is 0 Å². The fourth-order valence-corrected chi connectivity index (χ4v) is 3.61. The number of anilines is 1. The molecule has 0 amide bonds. The number of aliphatic hydroxyl groups excluding tert-OH is 1. The molecule has 1 unspecified atom stereocenters. The fraction of sp³-hybridized carbons (Fsp3) is 0.625. The second kappa shape index (κ2) is 4.93. The Morgan fingerprint density at radius 2 is 2.00 bits per heavy atom. The highest BCUT2D eigenvalue weighted by Gasteiger charge is 2.29. The van der Waals surface area contributed by atoms with Gasteiger partial charge in [-0.15, -0.1) is 0 Å². The Hall–Kier alpha value is -1.02. The summed E-state index contributed by atoms with van der Waals surface area (Å²) in [7, 11) is 0.